The maximum absolute atomic E-state index is 3.85. The van der Waals surface area contributed by atoms with Crippen LogP contribution in [0.25, 0.3) is 0 Å². The van der Waals surface area contributed by atoms with Gasteiger partial charge in [0.05, 0.1) is 0 Å². The summed E-state index contributed by atoms with van der Waals surface area (Å²) < 4.78 is 0. The first-order valence-corrected chi connectivity index (χ1v) is 6.32. The van der Waals surface area contributed by atoms with Crippen LogP contribution in [0.5, 0.6) is 0 Å². The first-order chi connectivity index (χ1) is 6.91. The van der Waals surface area contributed by atoms with Crippen molar-refractivity contribution in [2.45, 2.75) is 70.6 Å². The summed E-state index contributed by atoms with van der Waals surface area (Å²) in [5.74, 6) is 0. The second kappa shape index (κ2) is 13.0. The quantitative estimate of drug-likeness (QED) is 0.400. The molecular weight excluding hydrogens is 168 g/mol. The Labute approximate surface area is 91.5 Å². The Kier molecular flexibility index (Phi) is 13.0. The van der Waals surface area contributed by atoms with Crippen LogP contribution in [-0.4, -0.2) is 0 Å². The Morgan fingerprint density at radius 1 is 0.643 bits per heavy atom. The highest BCUT2D eigenvalue weighted by Crippen LogP contribution is 2.11. The van der Waals surface area contributed by atoms with Gasteiger partial charge in [0, 0.05) is 0 Å². The molecule has 0 bridgehead atoms. The zero-order valence-corrected chi connectivity index (χ0v) is 9.77. The molecule has 0 rings (SSSR count). The van der Waals surface area contributed by atoms with Crippen molar-refractivity contribution >= 4 is 0 Å². The van der Waals surface area contributed by atoms with Crippen molar-refractivity contribution in [1.82, 2.24) is 0 Å². The van der Waals surface area contributed by atoms with Crippen molar-refractivity contribution in [3.63, 3.8) is 0 Å². The van der Waals surface area contributed by atoms with Gasteiger partial charge in [0.2, 0.25) is 0 Å². The van der Waals surface area contributed by atoms with Crippen LogP contribution in [0.1, 0.15) is 70.6 Å². The molecule has 3 radical (unpaired) electrons. The van der Waals surface area contributed by atoms with Gasteiger partial charge in [-0.3, -0.25) is 0 Å². The van der Waals surface area contributed by atoms with Crippen LogP contribution in [0.2, 0.25) is 0 Å². The van der Waals surface area contributed by atoms with Crippen molar-refractivity contribution in [2.75, 3.05) is 0 Å². The number of hydrogen-bond donors (Lipinski definition) is 0. The van der Waals surface area contributed by atoms with Crippen molar-refractivity contribution in [2.24, 2.45) is 0 Å². The highest BCUT2D eigenvalue weighted by Gasteiger charge is 1.91. The predicted molar refractivity (Wildman–Crippen MR) is 65.8 cm³/mol. The summed E-state index contributed by atoms with van der Waals surface area (Å²) in [5, 5.41) is 0. The first-order valence-electron chi connectivity index (χ1n) is 6.32. The molecule has 83 valence electrons. The molecule has 0 fully saturated rings. The summed E-state index contributed by atoms with van der Waals surface area (Å²) in [5.41, 5.74) is 0. The molecule has 0 heteroatoms. The van der Waals surface area contributed by atoms with Crippen molar-refractivity contribution in [1.29, 1.82) is 0 Å². The van der Waals surface area contributed by atoms with Gasteiger partial charge >= 0.3 is 0 Å². The second-order valence-corrected chi connectivity index (χ2v) is 4.05. The Morgan fingerprint density at radius 3 is 1.64 bits per heavy atom. The minimum Gasteiger partial charge on any atom is -0.0533 e. The molecule has 0 aromatic heterocycles. The summed E-state index contributed by atoms with van der Waals surface area (Å²) >= 11 is 0. The summed E-state index contributed by atoms with van der Waals surface area (Å²) in [6.07, 6.45) is 16.8. The SMILES string of the molecule is [CH2]C[CH]CCCCCCCCCC[CH2]. The Bertz CT molecular complexity index is 74.0. The van der Waals surface area contributed by atoms with Gasteiger partial charge in [0.15, 0.2) is 0 Å². The predicted octanol–water partition coefficient (Wildman–Crippen LogP) is 5.15. The lowest BCUT2D eigenvalue weighted by Gasteiger charge is -2.01. The average Bonchev–Trinajstić information content (AvgIpc) is 2.21. The highest BCUT2D eigenvalue weighted by molar-refractivity contribution is 4.64. The van der Waals surface area contributed by atoms with Crippen LogP contribution in [0.3, 0.4) is 0 Å². The molecule has 0 unspecified atom stereocenters. The fourth-order valence-corrected chi connectivity index (χ4v) is 1.67. The summed E-state index contributed by atoms with van der Waals surface area (Å²) in [7, 11) is 0. The van der Waals surface area contributed by atoms with Crippen LogP contribution in [0, 0.1) is 20.3 Å². The molecular formula is C14H27. The molecule has 0 nitrogen and oxygen atoms in total. The minimum absolute atomic E-state index is 0.991. The van der Waals surface area contributed by atoms with Gasteiger partial charge < -0.3 is 0 Å². The molecule has 0 aromatic carbocycles. The van der Waals surface area contributed by atoms with E-state index in [0.717, 1.165) is 12.8 Å². The molecule has 0 spiro atoms. The lowest BCUT2D eigenvalue weighted by molar-refractivity contribution is 0.567. The lowest BCUT2D eigenvalue weighted by Crippen LogP contribution is -1.82. The fraction of sp³-hybridized carbons (Fsp3) is 0.786. The molecule has 0 N–H and O–H groups in total. The zero-order valence-electron chi connectivity index (χ0n) is 9.77. The third-order valence-electron chi connectivity index (χ3n) is 2.61. The van der Waals surface area contributed by atoms with E-state index >= 15 is 0 Å². The number of unbranched alkanes of at least 4 members (excludes halogenated alkanes) is 11. The van der Waals surface area contributed by atoms with Gasteiger partial charge in [-0.25, -0.2) is 0 Å². The van der Waals surface area contributed by atoms with Gasteiger partial charge in [-0.05, 0) is 6.42 Å². The van der Waals surface area contributed by atoms with Crippen LogP contribution < -0.4 is 0 Å². The summed E-state index contributed by atoms with van der Waals surface area (Å²) in [6.45, 7) is 7.65. The number of hydrogen-bond acceptors (Lipinski definition) is 0. The third kappa shape index (κ3) is 12.0. The lowest BCUT2D eigenvalue weighted by atomic mass is 10.1. The maximum atomic E-state index is 3.85. The van der Waals surface area contributed by atoms with Crippen LogP contribution in [-0.2, 0) is 0 Å². The standard InChI is InChI=1S/C14H27/c1-3-5-7-9-11-13-14-12-10-8-6-4-2/h5H,1-4,6-14H2. The normalized spacial score (nSPS) is 10.7. The van der Waals surface area contributed by atoms with E-state index in [1.165, 1.54) is 57.8 Å². The van der Waals surface area contributed by atoms with Gasteiger partial charge in [0.1, 0.15) is 0 Å². The van der Waals surface area contributed by atoms with E-state index in [2.05, 4.69) is 20.3 Å². The molecule has 0 aromatic rings. The molecule has 0 aliphatic rings. The molecule has 0 amide bonds. The van der Waals surface area contributed by atoms with Crippen molar-refractivity contribution < 1.29 is 0 Å². The molecule has 14 heavy (non-hydrogen) atoms. The van der Waals surface area contributed by atoms with Crippen LogP contribution in [0.4, 0.5) is 0 Å². The average molecular weight is 195 g/mol. The molecule has 0 aliphatic carbocycles. The van der Waals surface area contributed by atoms with E-state index in [9.17, 15) is 0 Å². The van der Waals surface area contributed by atoms with Crippen LogP contribution in [0.15, 0.2) is 0 Å². The van der Waals surface area contributed by atoms with E-state index in [-0.39, 0.29) is 0 Å². The monoisotopic (exact) mass is 195 g/mol. The topological polar surface area (TPSA) is 0 Å². The Hall–Kier alpha value is 0. The fourth-order valence-electron chi connectivity index (χ4n) is 1.67. The largest absolute Gasteiger partial charge is 0.0533 e. The highest BCUT2D eigenvalue weighted by atomic mass is 14.0. The van der Waals surface area contributed by atoms with Gasteiger partial charge in [0.25, 0.3) is 0 Å². The smallest absolute Gasteiger partial charge is 0.0386 e. The van der Waals surface area contributed by atoms with E-state index < -0.39 is 0 Å². The van der Waals surface area contributed by atoms with E-state index in [4.69, 9.17) is 0 Å². The van der Waals surface area contributed by atoms with Crippen molar-refractivity contribution in [3.8, 4) is 0 Å². The van der Waals surface area contributed by atoms with Crippen molar-refractivity contribution in [3.05, 3.63) is 20.3 Å². The summed E-state index contributed by atoms with van der Waals surface area (Å²) in [4.78, 5) is 0. The number of rotatable bonds is 11. The van der Waals surface area contributed by atoms with Gasteiger partial charge in [-0.1, -0.05) is 84.5 Å². The summed E-state index contributed by atoms with van der Waals surface area (Å²) in [6, 6.07) is 0. The molecule has 0 atom stereocenters. The van der Waals surface area contributed by atoms with E-state index in [1.54, 1.807) is 0 Å². The second-order valence-electron chi connectivity index (χ2n) is 4.05. The zero-order chi connectivity index (χ0) is 10.5. The van der Waals surface area contributed by atoms with E-state index in [1.807, 2.05) is 0 Å². The van der Waals surface area contributed by atoms with Gasteiger partial charge in [-0.15, -0.1) is 0 Å². The minimum atomic E-state index is 0.991. The molecule has 0 heterocycles. The van der Waals surface area contributed by atoms with Crippen LogP contribution >= 0.6 is 0 Å². The third-order valence-corrected chi connectivity index (χ3v) is 2.61. The maximum Gasteiger partial charge on any atom is -0.0386 e. The first kappa shape index (κ1) is 14.0. The molecule has 0 saturated carbocycles. The molecule has 0 aliphatic heterocycles. The molecule has 0 saturated heterocycles. The Morgan fingerprint density at radius 2 is 1.14 bits per heavy atom. The van der Waals surface area contributed by atoms with E-state index in [0.29, 0.717) is 0 Å². The van der Waals surface area contributed by atoms with Gasteiger partial charge in [-0.2, -0.15) is 0 Å². The Balaban J connectivity index is 2.78.